The minimum absolute atomic E-state index is 0.336. The average Bonchev–Trinajstić information content (AvgIpc) is 3.46. The summed E-state index contributed by atoms with van der Waals surface area (Å²) < 4.78 is 16.4. The van der Waals surface area contributed by atoms with Gasteiger partial charge in [-0.3, -0.25) is 9.59 Å². The molecule has 1 heterocycles. The van der Waals surface area contributed by atoms with Crippen LogP contribution in [-0.4, -0.2) is 25.2 Å². The van der Waals surface area contributed by atoms with Crippen LogP contribution in [0.25, 0.3) is 6.08 Å². The van der Waals surface area contributed by atoms with Gasteiger partial charge in [-0.1, -0.05) is 38.7 Å². The highest BCUT2D eigenvalue weighted by molar-refractivity contribution is 5.95. The molecule has 5 nitrogen and oxygen atoms in total. The number of esters is 2. The van der Waals surface area contributed by atoms with Crippen molar-refractivity contribution >= 4 is 18.0 Å². The van der Waals surface area contributed by atoms with Gasteiger partial charge in [-0.2, -0.15) is 0 Å². The fraction of sp³-hybridized carbons (Fsp3) is 0.652. The molecular weight excluding hydrogens is 356 g/mol. The highest BCUT2D eigenvalue weighted by Crippen LogP contribution is 2.27. The molecule has 154 valence electrons. The van der Waals surface area contributed by atoms with E-state index in [-0.39, 0.29) is 5.92 Å². The zero-order valence-corrected chi connectivity index (χ0v) is 16.8. The van der Waals surface area contributed by atoms with Crippen molar-refractivity contribution in [2.75, 3.05) is 13.2 Å². The quantitative estimate of drug-likeness (QED) is 0.439. The van der Waals surface area contributed by atoms with Crippen molar-refractivity contribution in [3.63, 3.8) is 0 Å². The van der Waals surface area contributed by atoms with Crippen LogP contribution in [0.4, 0.5) is 0 Å². The number of carbonyl (C=O) groups is 2. The van der Waals surface area contributed by atoms with Gasteiger partial charge in [0.05, 0.1) is 19.5 Å². The van der Waals surface area contributed by atoms with E-state index in [0.29, 0.717) is 30.8 Å². The van der Waals surface area contributed by atoms with Crippen molar-refractivity contribution in [3.8, 4) is 0 Å². The first-order valence-corrected chi connectivity index (χ1v) is 10.7. The molecule has 0 aliphatic heterocycles. The van der Waals surface area contributed by atoms with Gasteiger partial charge in [0.25, 0.3) is 0 Å². The van der Waals surface area contributed by atoms with E-state index in [4.69, 9.17) is 13.9 Å². The molecule has 0 unspecified atom stereocenters. The lowest BCUT2D eigenvalue weighted by Crippen LogP contribution is -2.34. The Balaban J connectivity index is 1.60. The minimum atomic E-state index is -0.936. The molecule has 2 fully saturated rings. The summed E-state index contributed by atoms with van der Waals surface area (Å²) in [5.74, 6) is -0.684. The molecule has 2 aliphatic carbocycles. The summed E-state index contributed by atoms with van der Waals surface area (Å²) in [6, 6.07) is 3.63. The van der Waals surface area contributed by atoms with Gasteiger partial charge in [0.1, 0.15) is 5.76 Å². The number of hydrogen-bond acceptors (Lipinski definition) is 5. The Kier molecular flexibility index (Phi) is 7.75. The van der Waals surface area contributed by atoms with Gasteiger partial charge < -0.3 is 13.9 Å². The van der Waals surface area contributed by atoms with Crippen LogP contribution in [0.15, 0.2) is 28.9 Å². The minimum Gasteiger partial charge on any atom is -0.465 e. The molecule has 0 spiro atoms. The fourth-order valence-corrected chi connectivity index (χ4v) is 4.20. The van der Waals surface area contributed by atoms with E-state index in [1.165, 1.54) is 25.7 Å². The second-order valence-corrected chi connectivity index (χ2v) is 8.27. The Morgan fingerprint density at radius 1 is 1.04 bits per heavy atom. The molecule has 28 heavy (non-hydrogen) atoms. The monoisotopic (exact) mass is 388 g/mol. The summed E-state index contributed by atoms with van der Waals surface area (Å²) in [5, 5.41) is 0. The van der Waals surface area contributed by atoms with Gasteiger partial charge in [0, 0.05) is 0 Å². The highest BCUT2D eigenvalue weighted by atomic mass is 16.6. The van der Waals surface area contributed by atoms with Gasteiger partial charge in [-0.05, 0) is 61.6 Å². The van der Waals surface area contributed by atoms with Crippen molar-refractivity contribution in [2.24, 2.45) is 23.7 Å². The first-order chi connectivity index (χ1) is 13.6. The Hall–Kier alpha value is -2.04. The van der Waals surface area contributed by atoms with Crippen molar-refractivity contribution in [2.45, 2.75) is 58.3 Å². The summed E-state index contributed by atoms with van der Waals surface area (Å²) in [6.07, 6.45) is 14.3. The zero-order chi connectivity index (χ0) is 19.8. The molecule has 0 bridgehead atoms. The number of rotatable bonds is 9. The molecule has 2 saturated carbocycles. The molecule has 3 rings (SSSR count). The standard InChI is InChI=1S/C23H32O5/c1-17(12-13-20-11-6-14-26-20)21(22(24)27-15-18-7-2-3-8-18)23(25)28-16-19-9-4-5-10-19/h6,11-14,17-19,21H,2-5,7-10,15-16H2,1H3/b13-12+/t17-/m1/s1. The molecule has 0 radical (unpaired) electrons. The third kappa shape index (κ3) is 5.98. The summed E-state index contributed by atoms with van der Waals surface area (Å²) in [5.41, 5.74) is 0. The molecule has 5 heteroatoms. The van der Waals surface area contributed by atoms with E-state index >= 15 is 0 Å². The van der Waals surface area contributed by atoms with Gasteiger partial charge in [-0.15, -0.1) is 0 Å². The number of ether oxygens (including phenoxy) is 2. The topological polar surface area (TPSA) is 65.7 Å². The van der Waals surface area contributed by atoms with E-state index in [2.05, 4.69) is 0 Å². The second-order valence-electron chi connectivity index (χ2n) is 8.27. The lowest BCUT2D eigenvalue weighted by Gasteiger charge is -2.21. The van der Waals surface area contributed by atoms with Gasteiger partial charge in [0.2, 0.25) is 0 Å². The van der Waals surface area contributed by atoms with E-state index in [9.17, 15) is 9.59 Å². The van der Waals surface area contributed by atoms with Crippen LogP contribution in [0.1, 0.15) is 64.1 Å². The fourth-order valence-electron chi connectivity index (χ4n) is 4.20. The molecule has 0 aromatic carbocycles. The van der Waals surface area contributed by atoms with Crippen LogP contribution in [0.5, 0.6) is 0 Å². The molecular formula is C23H32O5. The Bertz CT molecular complexity index is 604. The zero-order valence-electron chi connectivity index (χ0n) is 16.8. The average molecular weight is 389 g/mol. The number of allylic oxidation sites excluding steroid dienone is 1. The normalized spacial score (nSPS) is 19.5. The van der Waals surface area contributed by atoms with Crippen molar-refractivity contribution < 1.29 is 23.5 Å². The summed E-state index contributed by atoms with van der Waals surface area (Å²) in [6.45, 7) is 2.65. The summed E-state index contributed by atoms with van der Waals surface area (Å²) in [7, 11) is 0. The van der Waals surface area contributed by atoms with Crippen LogP contribution >= 0.6 is 0 Å². The van der Waals surface area contributed by atoms with Gasteiger partial charge in [-0.25, -0.2) is 0 Å². The molecule has 2 aliphatic rings. The SMILES string of the molecule is C[C@H](/C=C/c1ccco1)C(C(=O)OCC1CCCC1)C(=O)OCC1CCCC1. The maximum Gasteiger partial charge on any atom is 0.320 e. The van der Waals surface area contributed by atoms with E-state index in [1.54, 1.807) is 18.4 Å². The molecule has 0 N–H and O–H groups in total. The van der Waals surface area contributed by atoms with Crippen molar-refractivity contribution in [3.05, 3.63) is 30.2 Å². The molecule has 0 saturated heterocycles. The van der Waals surface area contributed by atoms with Crippen LogP contribution in [0, 0.1) is 23.7 Å². The summed E-state index contributed by atoms with van der Waals surface area (Å²) in [4.78, 5) is 25.5. The molecule has 1 atom stereocenters. The van der Waals surface area contributed by atoms with E-state index in [0.717, 1.165) is 25.7 Å². The van der Waals surface area contributed by atoms with Crippen molar-refractivity contribution in [1.82, 2.24) is 0 Å². The van der Waals surface area contributed by atoms with Crippen LogP contribution in [0.3, 0.4) is 0 Å². The Morgan fingerprint density at radius 3 is 2.04 bits per heavy atom. The third-order valence-electron chi connectivity index (χ3n) is 6.01. The smallest absolute Gasteiger partial charge is 0.320 e. The van der Waals surface area contributed by atoms with Crippen LogP contribution in [0.2, 0.25) is 0 Å². The Morgan fingerprint density at radius 2 is 1.57 bits per heavy atom. The summed E-state index contributed by atoms with van der Waals surface area (Å²) >= 11 is 0. The predicted octanol–water partition coefficient (Wildman–Crippen LogP) is 5.01. The van der Waals surface area contributed by atoms with Crippen LogP contribution in [-0.2, 0) is 19.1 Å². The van der Waals surface area contributed by atoms with Crippen LogP contribution < -0.4 is 0 Å². The molecule has 1 aromatic rings. The molecule has 0 amide bonds. The molecule has 1 aromatic heterocycles. The maximum absolute atomic E-state index is 12.8. The van der Waals surface area contributed by atoms with Gasteiger partial charge in [0.15, 0.2) is 5.92 Å². The van der Waals surface area contributed by atoms with E-state index in [1.807, 2.05) is 19.1 Å². The second kappa shape index (κ2) is 10.5. The van der Waals surface area contributed by atoms with Crippen molar-refractivity contribution in [1.29, 1.82) is 0 Å². The third-order valence-corrected chi connectivity index (χ3v) is 6.01. The first kappa shape index (κ1) is 20.7. The highest BCUT2D eigenvalue weighted by Gasteiger charge is 2.35. The largest absolute Gasteiger partial charge is 0.465 e. The predicted molar refractivity (Wildman–Crippen MR) is 106 cm³/mol. The maximum atomic E-state index is 12.8. The number of furan rings is 1. The van der Waals surface area contributed by atoms with Gasteiger partial charge >= 0.3 is 11.9 Å². The number of carbonyl (C=O) groups excluding carboxylic acids is 2. The van der Waals surface area contributed by atoms with E-state index < -0.39 is 17.9 Å². The Labute approximate surface area is 167 Å². The number of hydrogen-bond donors (Lipinski definition) is 0. The first-order valence-electron chi connectivity index (χ1n) is 10.7. The lowest BCUT2D eigenvalue weighted by molar-refractivity contribution is -0.165. The lowest BCUT2D eigenvalue weighted by atomic mass is 9.93.